The van der Waals surface area contributed by atoms with Gasteiger partial charge in [-0.1, -0.05) is 81.1 Å². The van der Waals surface area contributed by atoms with Crippen LogP contribution in [0.5, 0.6) is 0 Å². The van der Waals surface area contributed by atoms with Gasteiger partial charge in [-0.2, -0.15) is 0 Å². The first-order valence-electron chi connectivity index (χ1n) is 7.74. The topological polar surface area (TPSA) is 37.3 Å². The van der Waals surface area contributed by atoms with Crippen molar-refractivity contribution in [3.8, 4) is 0 Å². The Morgan fingerprint density at radius 1 is 1.10 bits per heavy atom. The number of hydrogen-bond acceptors (Lipinski definition) is 1. The number of aliphatic carboxylic acids is 1. The maximum Gasteiger partial charge on any atom is 0.311 e. The molecule has 1 unspecified atom stereocenters. The van der Waals surface area contributed by atoms with Gasteiger partial charge < -0.3 is 5.11 Å². The zero-order valence-electron chi connectivity index (χ0n) is 12.6. The van der Waals surface area contributed by atoms with Crippen LogP contribution in [0, 0.1) is 0 Å². The van der Waals surface area contributed by atoms with Gasteiger partial charge in [0.1, 0.15) is 0 Å². The fraction of sp³-hybridized carbons (Fsp3) is 0.588. The van der Waals surface area contributed by atoms with E-state index in [2.05, 4.69) is 6.92 Å². The second-order valence-corrected chi connectivity index (χ2v) is 6.31. The molecule has 4 heteroatoms. The highest BCUT2D eigenvalue weighted by Gasteiger charge is 2.21. The Hall–Kier alpha value is -0.730. The van der Waals surface area contributed by atoms with Crippen molar-refractivity contribution in [3.05, 3.63) is 33.8 Å². The molecule has 0 heterocycles. The Bertz CT molecular complexity index is 446. The number of unbranched alkanes of at least 4 members (excludes halogenated alkanes) is 6. The number of hydrogen-bond donors (Lipinski definition) is 1. The molecule has 0 saturated heterocycles. The summed E-state index contributed by atoms with van der Waals surface area (Å²) in [5, 5.41) is 10.4. The third kappa shape index (κ3) is 6.71. The molecule has 1 aromatic carbocycles. The van der Waals surface area contributed by atoms with Gasteiger partial charge in [-0.05, 0) is 24.1 Å². The minimum absolute atomic E-state index is 0.442. The number of carboxylic acid groups (broad SMARTS) is 1. The molecule has 1 atom stereocenters. The molecular weight excluding hydrogens is 307 g/mol. The molecule has 2 nitrogen and oxygen atoms in total. The van der Waals surface area contributed by atoms with E-state index >= 15 is 0 Å². The average Bonchev–Trinajstić information content (AvgIpc) is 2.43. The van der Waals surface area contributed by atoms with Crippen LogP contribution in [0.2, 0.25) is 10.0 Å². The lowest BCUT2D eigenvalue weighted by Gasteiger charge is -2.14. The van der Waals surface area contributed by atoms with Gasteiger partial charge in [-0.3, -0.25) is 4.79 Å². The number of halogens is 2. The molecule has 1 N–H and O–H groups in total. The van der Waals surface area contributed by atoms with E-state index in [0.29, 0.717) is 22.0 Å². The summed E-state index contributed by atoms with van der Waals surface area (Å²) < 4.78 is 0. The summed E-state index contributed by atoms with van der Waals surface area (Å²) in [4.78, 5) is 11.5. The van der Waals surface area contributed by atoms with Crippen LogP contribution in [0.3, 0.4) is 0 Å². The van der Waals surface area contributed by atoms with E-state index < -0.39 is 11.9 Å². The van der Waals surface area contributed by atoms with Crippen LogP contribution in [0.15, 0.2) is 18.2 Å². The first-order valence-corrected chi connectivity index (χ1v) is 8.49. The van der Waals surface area contributed by atoms with E-state index in [1.165, 1.54) is 32.1 Å². The third-order valence-electron chi connectivity index (χ3n) is 3.73. The first-order chi connectivity index (χ1) is 10.1. The quantitative estimate of drug-likeness (QED) is 0.511. The molecule has 1 rings (SSSR count). The summed E-state index contributed by atoms with van der Waals surface area (Å²) in [7, 11) is 0. The molecule has 0 bridgehead atoms. The lowest BCUT2D eigenvalue weighted by atomic mass is 9.93. The van der Waals surface area contributed by atoms with E-state index in [0.717, 1.165) is 12.8 Å². The molecule has 0 aliphatic carbocycles. The summed E-state index contributed by atoms with van der Waals surface area (Å²) in [5.74, 6) is -1.35. The van der Waals surface area contributed by atoms with E-state index in [-0.39, 0.29) is 0 Å². The Morgan fingerprint density at radius 3 is 2.29 bits per heavy atom. The van der Waals surface area contributed by atoms with Crippen molar-refractivity contribution in [1.82, 2.24) is 0 Å². The molecular formula is C17H24Cl2O2. The molecule has 0 spiro atoms. The Kier molecular flexibility index (Phi) is 8.79. The number of benzene rings is 1. The van der Waals surface area contributed by atoms with E-state index in [1.807, 2.05) is 0 Å². The first kappa shape index (κ1) is 18.3. The van der Waals surface area contributed by atoms with E-state index in [4.69, 9.17) is 23.2 Å². The van der Waals surface area contributed by atoms with Crippen LogP contribution in [0.1, 0.15) is 69.8 Å². The molecule has 0 aromatic heterocycles. The minimum Gasteiger partial charge on any atom is -0.481 e. The fourth-order valence-electron chi connectivity index (χ4n) is 2.50. The van der Waals surface area contributed by atoms with Gasteiger partial charge in [0.25, 0.3) is 0 Å². The predicted molar refractivity (Wildman–Crippen MR) is 89.4 cm³/mol. The molecule has 0 radical (unpaired) electrons. The van der Waals surface area contributed by atoms with Crippen LogP contribution in [-0.4, -0.2) is 11.1 Å². The lowest BCUT2D eigenvalue weighted by molar-refractivity contribution is -0.139. The van der Waals surface area contributed by atoms with Gasteiger partial charge >= 0.3 is 5.97 Å². The molecule has 21 heavy (non-hydrogen) atoms. The standard InChI is InChI=1S/C17H24Cl2O2/c1-2-3-4-5-6-7-8-9-15(17(20)21)14-11-10-13(18)12-16(14)19/h10-12,15H,2-9H2,1H3,(H,20,21). The number of carbonyl (C=O) groups is 1. The summed E-state index contributed by atoms with van der Waals surface area (Å²) in [6.07, 6.45) is 8.87. The van der Waals surface area contributed by atoms with Gasteiger partial charge in [0.2, 0.25) is 0 Å². The van der Waals surface area contributed by atoms with E-state index in [1.54, 1.807) is 18.2 Å². The Morgan fingerprint density at radius 2 is 1.71 bits per heavy atom. The second kappa shape index (κ2) is 10.1. The maximum atomic E-state index is 11.5. The van der Waals surface area contributed by atoms with Gasteiger partial charge in [0.15, 0.2) is 0 Å². The maximum absolute atomic E-state index is 11.5. The Labute approximate surface area is 137 Å². The van der Waals surface area contributed by atoms with Crippen molar-refractivity contribution in [1.29, 1.82) is 0 Å². The summed E-state index contributed by atoms with van der Waals surface area (Å²) in [6, 6.07) is 5.04. The third-order valence-corrected chi connectivity index (χ3v) is 4.29. The van der Waals surface area contributed by atoms with Crippen molar-refractivity contribution < 1.29 is 9.90 Å². The molecule has 1 aromatic rings. The molecule has 0 aliphatic heterocycles. The van der Waals surface area contributed by atoms with E-state index in [9.17, 15) is 9.90 Å². The smallest absolute Gasteiger partial charge is 0.311 e. The van der Waals surface area contributed by atoms with Crippen LogP contribution >= 0.6 is 23.2 Å². The highest BCUT2D eigenvalue weighted by Crippen LogP contribution is 2.31. The van der Waals surface area contributed by atoms with Crippen molar-refractivity contribution in [2.75, 3.05) is 0 Å². The van der Waals surface area contributed by atoms with Gasteiger partial charge in [-0.15, -0.1) is 0 Å². The highest BCUT2D eigenvalue weighted by molar-refractivity contribution is 6.35. The van der Waals surface area contributed by atoms with Gasteiger partial charge in [0, 0.05) is 10.0 Å². The highest BCUT2D eigenvalue weighted by atomic mass is 35.5. The van der Waals surface area contributed by atoms with Gasteiger partial charge in [0.05, 0.1) is 5.92 Å². The summed E-state index contributed by atoms with van der Waals surface area (Å²) >= 11 is 12.0. The molecule has 0 saturated carbocycles. The lowest BCUT2D eigenvalue weighted by Crippen LogP contribution is -2.12. The van der Waals surface area contributed by atoms with Crippen molar-refractivity contribution in [2.45, 2.75) is 64.2 Å². The van der Waals surface area contributed by atoms with Crippen LogP contribution in [0.25, 0.3) is 0 Å². The molecule has 118 valence electrons. The second-order valence-electron chi connectivity index (χ2n) is 5.47. The van der Waals surface area contributed by atoms with Crippen molar-refractivity contribution in [3.63, 3.8) is 0 Å². The minimum atomic E-state index is -0.815. The largest absolute Gasteiger partial charge is 0.481 e. The molecule has 0 aliphatic rings. The predicted octanol–water partition coefficient (Wildman–Crippen LogP) is 6.30. The number of carboxylic acids is 1. The van der Waals surface area contributed by atoms with Crippen LogP contribution < -0.4 is 0 Å². The number of rotatable bonds is 10. The molecule has 0 fully saturated rings. The summed E-state index contributed by atoms with van der Waals surface area (Å²) in [6.45, 7) is 2.20. The summed E-state index contributed by atoms with van der Waals surface area (Å²) in [5.41, 5.74) is 0.666. The van der Waals surface area contributed by atoms with Crippen molar-refractivity contribution in [2.24, 2.45) is 0 Å². The van der Waals surface area contributed by atoms with Crippen LogP contribution in [-0.2, 0) is 4.79 Å². The van der Waals surface area contributed by atoms with Crippen LogP contribution in [0.4, 0.5) is 0 Å². The van der Waals surface area contributed by atoms with Gasteiger partial charge in [-0.25, -0.2) is 0 Å². The SMILES string of the molecule is CCCCCCCCCC(C(=O)O)c1ccc(Cl)cc1Cl. The monoisotopic (exact) mass is 330 g/mol. The fourth-order valence-corrected chi connectivity index (χ4v) is 3.04. The Balaban J connectivity index is 2.46. The zero-order valence-corrected chi connectivity index (χ0v) is 14.1. The average molecular weight is 331 g/mol. The zero-order chi connectivity index (χ0) is 15.7. The van der Waals surface area contributed by atoms with Crippen molar-refractivity contribution >= 4 is 29.2 Å². The normalized spacial score (nSPS) is 12.3. The molecule has 0 amide bonds.